The van der Waals surface area contributed by atoms with Crippen LogP contribution in [-0.2, 0) is 4.79 Å². The van der Waals surface area contributed by atoms with Crippen molar-refractivity contribution in [3.63, 3.8) is 0 Å². The molecule has 0 aliphatic carbocycles. The minimum absolute atomic E-state index is 0.165. The Morgan fingerprint density at radius 1 is 1.00 bits per heavy atom. The Kier molecular flexibility index (Phi) is 5.95. The number of nitrogen functional groups attached to an aromatic ring is 1. The van der Waals surface area contributed by atoms with E-state index >= 15 is 0 Å². The Hall–Kier alpha value is -4.11. The Labute approximate surface area is 182 Å². The Bertz CT molecular complexity index is 1210. The highest BCUT2D eigenvalue weighted by Gasteiger charge is 2.11. The van der Waals surface area contributed by atoms with Crippen molar-refractivity contribution in [2.45, 2.75) is 0 Å². The lowest BCUT2D eigenvalue weighted by molar-refractivity contribution is -0.115. The number of carbonyl (C=O) groups is 2. The van der Waals surface area contributed by atoms with Crippen molar-refractivity contribution in [2.24, 2.45) is 0 Å². The van der Waals surface area contributed by atoms with Crippen LogP contribution >= 0.6 is 11.3 Å². The van der Waals surface area contributed by atoms with Crippen molar-refractivity contribution in [1.29, 1.82) is 0 Å². The number of thiazole rings is 1. The van der Waals surface area contributed by atoms with Gasteiger partial charge in [0.1, 0.15) is 6.33 Å². The fraction of sp³-hybridized carbons (Fsp3) is 0.0455. The van der Waals surface area contributed by atoms with Crippen molar-refractivity contribution in [1.82, 2.24) is 20.3 Å². The molecule has 0 bridgehead atoms. The van der Waals surface area contributed by atoms with Gasteiger partial charge in [-0.2, -0.15) is 0 Å². The van der Waals surface area contributed by atoms with Crippen LogP contribution in [0.15, 0.2) is 72.5 Å². The van der Waals surface area contributed by atoms with Gasteiger partial charge < -0.3 is 16.4 Å². The highest BCUT2D eigenvalue weighted by Crippen LogP contribution is 2.28. The molecule has 154 valence electrons. The predicted octanol–water partition coefficient (Wildman–Crippen LogP) is 3.22. The number of nitrogens with zero attached hydrogens (tertiary/aromatic N) is 3. The lowest BCUT2D eigenvalue weighted by Crippen LogP contribution is -2.32. The van der Waals surface area contributed by atoms with Gasteiger partial charge in [-0.15, -0.1) is 11.3 Å². The first-order valence-electron chi connectivity index (χ1n) is 9.34. The Morgan fingerprint density at radius 2 is 1.77 bits per heavy atom. The van der Waals surface area contributed by atoms with Gasteiger partial charge in [-0.1, -0.05) is 18.2 Å². The molecule has 2 aromatic heterocycles. The van der Waals surface area contributed by atoms with Gasteiger partial charge in [0, 0.05) is 34.0 Å². The van der Waals surface area contributed by atoms with Gasteiger partial charge in [0.25, 0.3) is 5.91 Å². The third-order valence-corrected chi connectivity index (χ3v) is 5.13. The van der Waals surface area contributed by atoms with E-state index in [1.807, 2.05) is 35.7 Å². The van der Waals surface area contributed by atoms with Gasteiger partial charge in [0.15, 0.2) is 5.13 Å². The Morgan fingerprint density at radius 3 is 2.52 bits per heavy atom. The molecule has 0 fully saturated rings. The molecule has 0 unspecified atom stereocenters. The van der Waals surface area contributed by atoms with Crippen LogP contribution in [0.4, 0.5) is 10.8 Å². The molecular formula is C22H18N6O2S. The number of nitrogens with two attached hydrogens (primary N) is 1. The fourth-order valence-electron chi connectivity index (χ4n) is 2.82. The Balaban J connectivity index is 1.37. The summed E-state index contributed by atoms with van der Waals surface area (Å²) in [5.41, 5.74) is 10.0. The maximum absolute atomic E-state index is 12.2. The van der Waals surface area contributed by atoms with Gasteiger partial charge in [-0.3, -0.25) is 9.59 Å². The van der Waals surface area contributed by atoms with Crippen molar-refractivity contribution in [2.75, 3.05) is 17.6 Å². The molecule has 0 aliphatic heterocycles. The largest absolute Gasteiger partial charge is 0.399 e. The first-order chi connectivity index (χ1) is 15.1. The van der Waals surface area contributed by atoms with E-state index in [9.17, 15) is 9.59 Å². The van der Waals surface area contributed by atoms with Crippen LogP contribution in [0.3, 0.4) is 0 Å². The molecule has 0 atom stereocenters. The second-order valence-electron chi connectivity index (χ2n) is 6.57. The smallest absolute Gasteiger partial charge is 0.251 e. The molecule has 0 saturated carbocycles. The summed E-state index contributed by atoms with van der Waals surface area (Å²) in [4.78, 5) is 37.0. The molecule has 8 nitrogen and oxygen atoms in total. The van der Waals surface area contributed by atoms with Crippen LogP contribution in [0.25, 0.3) is 22.5 Å². The van der Waals surface area contributed by atoms with E-state index in [2.05, 4.69) is 25.6 Å². The summed E-state index contributed by atoms with van der Waals surface area (Å²) >= 11 is 1.31. The molecule has 4 rings (SSSR count). The maximum Gasteiger partial charge on any atom is 0.251 e. The van der Waals surface area contributed by atoms with E-state index in [0.29, 0.717) is 16.4 Å². The fourth-order valence-corrected chi connectivity index (χ4v) is 3.56. The minimum Gasteiger partial charge on any atom is -0.399 e. The quantitative estimate of drug-likeness (QED) is 0.404. The van der Waals surface area contributed by atoms with Crippen LogP contribution in [-0.4, -0.2) is 33.3 Å². The molecule has 0 saturated heterocycles. The number of amides is 2. The number of carbonyl (C=O) groups excluding carboxylic acids is 2. The zero-order valence-electron chi connectivity index (χ0n) is 16.3. The zero-order chi connectivity index (χ0) is 21.6. The lowest BCUT2D eigenvalue weighted by atomic mass is 10.1. The van der Waals surface area contributed by atoms with Gasteiger partial charge in [0.2, 0.25) is 5.91 Å². The molecule has 9 heteroatoms. The number of rotatable bonds is 6. The van der Waals surface area contributed by atoms with E-state index in [4.69, 9.17) is 5.73 Å². The average molecular weight is 430 g/mol. The SMILES string of the molecule is Nc1ccc(C(=O)NCC(=O)Nc2nc(-c3cccc(-c4ccncn4)c3)cs2)cc1. The normalized spacial score (nSPS) is 10.5. The van der Waals surface area contributed by atoms with Gasteiger partial charge in [0.05, 0.1) is 17.9 Å². The molecule has 0 radical (unpaired) electrons. The van der Waals surface area contributed by atoms with Crippen molar-refractivity contribution >= 4 is 34.0 Å². The molecular weight excluding hydrogens is 412 g/mol. The number of nitrogens with one attached hydrogen (secondary N) is 2. The molecule has 2 aromatic carbocycles. The van der Waals surface area contributed by atoms with Crippen LogP contribution in [0.1, 0.15) is 10.4 Å². The number of hydrogen-bond donors (Lipinski definition) is 3. The van der Waals surface area contributed by atoms with E-state index < -0.39 is 0 Å². The summed E-state index contributed by atoms with van der Waals surface area (Å²) in [7, 11) is 0. The molecule has 4 N–H and O–H groups in total. The third kappa shape index (κ3) is 5.09. The summed E-state index contributed by atoms with van der Waals surface area (Å²) in [5, 5.41) is 7.60. The average Bonchev–Trinajstić information content (AvgIpc) is 3.27. The van der Waals surface area contributed by atoms with Crippen LogP contribution in [0.5, 0.6) is 0 Å². The van der Waals surface area contributed by atoms with Gasteiger partial charge >= 0.3 is 0 Å². The predicted molar refractivity (Wildman–Crippen MR) is 120 cm³/mol. The molecule has 31 heavy (non-hydrogen) atoms. The second kappa shape index (κ2) is 9.14. The van der Waals surface area contributed by atoms with Crippen LogP contribution in [0, 0.1) is 0 Å². The van der Waals surface area contributed by atoms with Crippen molar-refractivity contribution in [3.05, 3.63) is 78.1 Å². The van der Waals surface area contributed by atoms with Crippen molar-refractivity contribution < 1.29 is 9.59 Å². The number of benzene rings is 2. The minimum atomic E-state index is -0.362. The first-order valence-corrected chi connectivity index (χ1v) is 10.2. The monoisotopic (exact) mass is 430 g/mol. The second-order valence-corrected chi connectivity index (χ2v) is 7.42. The molecule has 4 aromatic rings. The molecule has 2 amide bonds. The highest BCUT2D eigenvalue weighted by molar-refractivity contribution is 7.14. The summed E-state index contributed by atoms with van der Waals surface area (Å²) < 4.78 is 0. The van der Waals surface area contributed by atoms with Crippen molar-refractivity contribution in [3.8, 4) is 22.5 Å². The molecule has 0 aliphatic rings. The lowest BCUT2D eigenvalue weighted by Gasteiger charge is -2.05. The number of hydrogen-bond acceptors (Lipinski definition) is 7. The van der Waals surface area contributed by atoms with Crippen LogP contribution in [0.2, 0.25) is 0 Å². The van der Waals surface area contributed by atoms with E-state index in [-0.39, 0.29) is 18.4 Å². The zero-order valence-corrected chi connectivity index (χ0v) is 17.1. The third-order valence-electron chi connectivity index (χ3n) is 4.37. The maximum atomic E-state index is 12.2. The van der Waals surface area contributed by atoms with E-state index in [1.54, 1.807) is 30.5 Å². The number of aromatic nitrogens is 3. The van der Waals surface area contributed by atoms with Gasteiger partial charge in [-0.25, -0.2) is 15.0 Å². The molecule has 0 spiro atoms. The van der Waals surface area contributed by atoms with E-state index in [1.165, 1.54) is 17.7 Å². The first kappa shape index (κ1) is 20.2. The van der Waals surface area contributed by atoms with Crippen LogP contribution < -0.4 is 16.4 Å². The standard InChI is InChI=1S/C22H18N6O2S/c23-17-6-4-14(5-7-17)21(30)25-11-20(29)28-22-27-19(12-31-22)16-3-1-2-15(10-16)18-8-9-24-13-26-18/h1-10,12-13H,11,23H2,(H,25,30)(H,27,28,29). The summed E-state index contributed by atoms with van der Waals surface area (Å²) in [6, 6.07) is 16.1. The summed E-state index contributed by atoms with van der Waals surface area (Å²) in [6.45, 7) is -0.165. The summed E-state index contributed by atoms with van der Waals surface area (Å²) in [6.07, 6.45) is 3.20. The van der Waals surface area contributed by atoms with E-state index in [0.717, 1.165) is 22.5 Å². The summed E-state index contributed by atoms with van der Waals surface area (Å²) in [5.74, 6) is -0.712. The topological polar surface area (TPSA) is 123 Å². The van der Waals surface area contributed by atoms with Gasteiger partial charge in [-0.05, 0) is 36.4 Å². The highest BCUT2D eigenvalue weighted by atomic mass is 32.1. The number of anilines is 2. The molecule has 2 heterocycles.